The van der Waals surface area contributed by atoms with Gasteiger partial charge in [-0.15, -0.1) is 0 Å². The molecule has 1 saturated heterocycles. The fraction of sp³-hybridized carbons (Fsp3) is 0.833. The van der Waals surface area contributed by atoms with E-state index in [2.05, 4.69) is 4.74 Å². The molecule has 0 radical (unpaired) electrons. The van der Waals surface area contributed by atoms with Gasteiger partial charge in [-0.05, 0) is 6.92 Å². The molecule has 0 amide bonds. The smallest absolute Gasteiger partial charge is 0.337 e. The highest BCUT2D eigenvalue weighted by Crippen LogP contribution is 2.11. The summed E-state index contributed by atoms with van der Waals surface area (Å²) in [6.45, 7) is 2.04. The number of esters is 1. The average Bonchev–Trinajstić information content (AvgIpc) is 2.34. The number of hydrogen-bond acceptors (Lipinski definition) is 4. The van der Waals surface area contributed by atoms with E-state index in [0.29, 0.717) is 6.61 Å². The monoisotopic (exact) mass is 146 g/mol. The minimum absolute atomic E-state index is 0.288. The Morgan fingerprint density at radius 2 is 2.40 bits per heavy atom. The molecule has 0 aromatic heterocycles. The van der Waals surface area contributed by atoms with Gasteiger partial charge in [-0.2, -0.15) is 0 Å². The lowest BCUT2D eigenvalue weighted by molar-refractivity contribution is -0.153. The highest BCUT2D eigenvalue weighted by Gasteiger charge is 2.29. The summed E-state index contributed by atoms with van der Waals surface area (Å²) in [5, 5.41) is 0. The van der Waals surface area contributed by atoms with E-state index in [1.54, 1.807) is 6.92 Å². The lowest BCUT2D eigenvalue weighted by atomic mass is 10.4. The molecule has 0 aromatic rings. The molecule has 0 saturated carbocycles. The Morgan fingerprint density at radius 3 is 2.80 bits per heavy atom. The van der Waals surface area contributed by atoms with Gasteiger partial charge in [-0.1, -0.05) is 0 Å². The molecular weight excluding hydrogens is 136 g/mol. The molecule has 0 aromatic carbocycles. The second-order valence-electron chi connectivity index (χ2n) is 2.05. The largest absolute Gasteiger partial charge is 0.467 e. The van der Waals surface area contributed by atoms with Gasteiger partial charge in [0.05, 0.1) is 13.7 Å². The van der Waals surface area contributed by atoms with Crippen LogP contribution in [0.15, 0.2) is 0 Å². The summed E-state index contributed by atoms with van der Waals surface area (Å²) in [5.41, 5.74) is 0. The molecule has 2 atom stereocenters. The van der Waals surface area contributed by atoms with Gasteiger partial charge in [0.1, 0.15) is 0 Å². The first kappa shape index (κ1) is 7.50. The van der Waals surface area contributed by atoms with Crippen molar-refractivity contribution in [3.8, 4) is 0 Å². The number of methoxy groups -OCH3 is 1. The Morgan fingerprint density at radius 1 is 1.70 bits per heavy atom. The van der Waals surface area contributed by atoms with Crippen LogP contribution in [0.5, 0.6) is 0 Å². The van der Waals surface area contributed by atoms with Crippen LogP contribution < -0.4 is 0 Å². The van der Waals surface area contributed by atoms with Gasteiger partial charge in [0.15, 0.2) is 12.4 Å². The summed E-state index contributed by atoms with van der Waals surface area (Å²) < 4.78 is 14.4. The maximum atomic E-state index is 10.7. The first-order valence-electron chi connectivity index (χ1n) is 3.09. The third-order valence-corrected chi connectivity index (χ3v) is 1.30. The van der Waals surface area contributed by atoms with Crippen LogP contribution in [0, 0.1) is 0 Å². The molecule has 0 N–H and O–H groups in total. The Kier molecular flexibility index (Phi) is 2.24. The van der Waals surface area contributed by atoms with Crippen molar-refractivity contribution in [3.63, 3.8) is 0 Å². The third-order valence-electron chi connectivity index (χ3n) is 1.30. The van der Waals surface area contributed by atoms with E-state index in [0.717, 1.165) is 0 Å². The first-order chi connectivity index (χ1) is 4.74. The van der Waals surface area contributed by atoms with E-state index in [4.69, 9.17) is 9.47 Å². The van der Waals surface area contributed by atoms with Crippen LogP contribution in [0.4, 0.5) is 0 Å². The van der Waals surface area contributed by atoms with Gasteiger partial charge in [0.25, 0.3) is 0 Å². The van der Waals surface area contributed by atoms with Crippen molar-refractivity contribution in [2.24, 2.45) is 0 Å². The molecule has 2 unspecified atom stereocenters. The van der Waals surface area contributed by atoms with E-state index < -0.39 is 6.10 Å². The number of carbonyl (C=O) groups excluding carboxylic acids is 1. The summed E-state index contributed by atoms with van der Waals surface area (Å²) in [6.07, 6.45) is -0.816. The normalized spacial score (nSPS) is 32.2. The second kappa shape index (κ2) is 2.98. The quantitative estimate of drug-likeness (QED) is 0.485. The minimum atomic E-state index is -0.528. The molecule has 1 rings (SSSR count). The SMILES string of the molecule is COC(=O)C1COC(C)O1. The van der Waals surface area contributed by atoms with E-state index in [-0.39, 0.29) is 12.3 Å². The summed E-state index contributed by atoms with van der Waals surface area (Å²) >= 11 is 0. The number of carbonyl (C=O) groups is 1. The summed E-state index contributed by atoms with van der Waals surface area (Å²) in [4.78, 5) is 10.7. The van der Waals surface area contributed by atoms with E-state index in [1.165, 1.54) is 7.11 Å². The summed E-state index contributed by atoms with van der Waals surface area (Å²) in [7, 11) is 1.33. The fourth-order valence-electron chi connectivity index (χ4n) is 0.788. The maximum absolute atomic E-state index is 10.7. The van der Waals surface area contributed by atoms with Crippen molar-refractivity contribution in [2.45, 2.75) is 19.3 Å². The van der Waals surface area contributed by atoms with Gasteiger partial charge in [0, 0.05) is 0 Å². The second-order valence-corrected chi connectivity index (χ2v) is 2.05. The Labute approximate surface area is 59.1 Å². The molecule has 1 aliphatic heterocycles. The molecule has 1 heterocycles. The van der Waals surface area contributed by atoms with Crippen LogP contribution in [-0.4, -0.2) is 32.1 Å². The minimum Gasteiger partial charge on any atom is -0.467 e. The Hall–Kier alpha value is -0.610. The van der Waals surface area contributed by atoms with Crippen molar-refractivity contribution in [1.82, 2.24) is 0 Å². The topological polar surface area (TPSA) is 44.8 Å². The highest BCUT2D eigenvalue weighted by atomic mass is 16.7. The van der Waals surface area contributed by atoms with Crippen LogP contribution in [0.2, 0.25) is 0 Å². The van der Waals surface area contributed by atoms with Crippen LogP contribution in [-0.2, 0) is 19.0 Å². The summed E-state index contributed by atoms with van der Waals surface area (Å²) in [6, 6.07) is 0. The zero-order valence-corrected chi connectivity index (χ0v) is 5.99. The molecule has 4 heteroatoms. The van der Waals surface area contributed by atoms with Crippen LogP contribution in [0.3, 0.4) is 0 Å². The number of ether oxygens (including phenoxy) is 3. The molecule has 0 spiro atoms. The molecule has 1 aliphatic rings. The summed E-state index contributed by atoms with van der Waals surface area (Å²) in [5.74, 6) is -0.371. The van der Waals surface area contributed by atoms with Crippen molar-refractivity contribution >= 4 is 5.97 Å². The van der Waals surface area contributed by atoms with Gasteiger partial charge in [0.2, 0.25) is 0 Å². The standard InChI is InChI=1S/C6H10O4/c1-4-9-3-5(10-4)6(7)8-2/h4-5H,3H2,1-2H3. The number of rotatable bonds is 1. The van der Waals surface area contributed by atoms with Crippen LogP contribution in [0.1, 0.15) is 6.92 Å². The third kappa shape index (κ3) is 1.46. The molecule has 4 nitrogen and oxygen atoms in total. The van der Waals surface area contributed by atoms with Crippen molar-refractivity contribution in [1.29, 1.82) is 0 Å². The highest BCUT2D eigenvalue weighted by molar-refractivity contribution is 5.74. The van der Waals surface area contributed by atoms with Crippen molar-refractivity contribution in [2.75, 3.05) is 13.7 Å². The van der Waals surface area contributed by atoms with Gasteiger partial charge in [-0.25, -0.2) is 4.79 Å². The van der Waals surface area contributed by atoms with Crippen LogP contribution >= 0.6 is 0 Å². The molecule has 0 aliphatic carbocycles. The van der Waals surface area contributed by atoms with Crippen molar-refractivity contribution < 1.29 is 19.0 Å². The van der Waals surface area contributed by atoms with Crippen LogP contribution in [0.25, 0.3) is 0 Å². The predicted octanol–water partition coefficient (Wildman–Crippen LogP) is -0.0792. The maximum Gasteiger partial charge on any atom is 0.337 e. The Bertz CT molecular complexity index is 134. The zero-order chi connectivity index (χ0) is 7.56. The van der Waals surface area contributed by atoms with Gasteiger partial charge in [-0.3, -0.25) is 0 Å². The van der Waals surface area contributed by atoms with E-state index >= 15 is 0 Å². The Balaban J connectivity index is 2.37. The molecule has 0 bridgehead atoms. The first-order valence-corrected chi connectivity index (χ1v) is 3.09. The molecule has 58 valence electrons. The zero-order valence-electron chi connectivity index (χ0n) is 5.99. The number of hydrogen-bond donors (Lipinski definition) is 0. The fourth-order valence-corrected chi connectivity index (χ4v) is 0.788. The lowest BCUT2D eigenvalue weighted by Crippen LogP contribution is -2.24. The van der Waals surface area contributed by atoms with E-state index in [9.17, 15) is 4.79 Å². The predicted molar refractivity (Wildman–Crippen MR) is 32.3 cm³/mol. The molecule has 10 heavy (non-hydrogen) atoms. The van der Waals surface area contributed by atoms with Gasteiger partial charge >= 0.3 is 5.97 Å². The van der Waals surface area contributed by atoms with E-state index in [1.807, 2.05) is 0 Å². The van der Waals surface area contributed by atoms with Crippen molar-refractivity contribution in [3.05, 3.63) is 0 Å². The molecule has 1 fully saturated rings. The average molecular weight is 146 g/mol. The lowest BCUT2D eigenvalue weighted by Gasteiger charge is -2.04. The molecular formula is C6H10O4. The van der Waals surface area contributed by atoms with Gasteiger partial charge < -0.3 is 14.2 Å².